The average molecular weight is 363 g/mol. The van der Waals surface area contributed by atoms with Gasteiger partial charge in [0.15, 0.2) is 0 Å². The highest BCUT2D eigenvalue weighted by molar-refractivity contribution is 8.00. The van der Waals surface area contributed by atoms with Crippen LogP contribution in [0, 0.1) is 13.8 Å². The van der Waals surface area contributed by atoms with E-state index >= 15 is 0 Å². The molecule has 126 valence electrons. The number of aryl methyl sites for hydroxylation is 2. The molecule has 0 aliphatic carbocycles. The molecule has 0 unspecified atom stereocenters. The highest BCUT2D eigenvalue weighted by Gasteiger charge is 2.08. The SMILES string of the molecule is Cc1cccc(NC(=O)CSCC(=O)Nc2ccc(C)cc2Cl)c1. The molecule has 0 spiro atoms. The molecule has 4 nitrogen and oxygen atoms in total. The lowest BCUT2D eigenvalue weighted by atomic mass is 10.2. The molecule has 2 N–H and O–H groups in total. The maximum absolute atomic E-state index is 11.9. The second kappa shape index (κ2) is 8.76. The van der Waals surface area contributed by atoms with Crippen molar-refractivity contribution >= 4 is 46.6 Å². The van der Waals surface area contributed by atoms with Gasteiger partial charge in [-0.1, -0.05) is 29.8 Å². The number of carbonyl (C=O) groups is 2. The molecule has 24 heavy (non-hydrogen) atoms. The van der Waals surface area contributed by atoms with Crippen LogP contribution in [-0.2, 0) is 9.59 Å². The van der Waals surface area contributed by atoms with E-state index in [0.29, 0.717) is 10.7 Å². The summed E-state index contributed by atoms with van der Waals surface area (Å²) in [5, 5.41) is 6.06. The average Bonchev–Trinajstić information content (AvgIpc) is 2.50. The minimum atomic E-state index is -0.186. The van der Waals surface area contributed by atoms with Crippen molar-refractivity contribution in [3.05, 3.63) is 58.6 Å². The Labute approximate surface area is 151 Å². The van der Waals surface area contributed by atoms with Gasteiger partial charge in [0.1, 0.15) is 0 Å². The van der Waals surface area contributed by atoms with E-state index in [2.05, 4.69) is 10.6 Å². The van der Waals surface area contributed by atoms with Crippen LogP contribution < -0.4 is 10.6 Å². The molecule has 0 aliphatic heterocycles. The number of amides is 2. The van der Waals surface area contributed by atoms with Gasteiger partial charge in [0.05, 0.1) is 22.2 Å². The minimum absolute atomic E-state index is 0.133. The Bertz CT molecular complexity index is 750. The molecule has 2 aromatic rings. The molecule has 0 saturated carbocycles. The van der Waals surface area contributed by atoms with Crippen LogP contribution in [0.4, 0.5) is 11.4 Å². The molecule has 0 aliphatic rings. The highest BCUT2D eigenvalue weighted by Crippen LogP contribution is 2.22. The van der Waals surface area contributed by atoms with Crippen LogP contribution in [-0.4, -0.2) is 23.3 Å². The van der Waals surface area contributed by atoms with Crippen molar-refractivity contribution in [1.29, 1.82) is 0 Å². The number of hydrogen-bond acceptors (Lipinski definition) is 3. The van der Waals surface area contributed by atoms with Crippen molar-refractivity contribution in [2.75, 3.05) is 22.1 Å². The molecular formula is C18H19ClN2O2S. The summed E-state index contributed by atoms with van der Waals surface area (Å²) in [6.45, 7) is 3.89. The summed E-state index contributed by atoms with van der Waals surface area (Å²) >= 11 is 7.33. The van der Waals surface area contributed by atoms with E-state index in [1.165, 1.54) is 11.8 Å². The normalized spacial score (nSPS) is 10.3. The summed E-state index contributed by atoms with van der Waals surface area (Å²) in [6, 6.07) is 13.0. The maximum Gasteiger partial charge on any atom is 0.234 e. The van der Waals surface area contributed by atoms with Gasteiger partial charge in [0.2, 0.25) is 11.8 Å². The Morgan fingerprint density at radius 1 is 0.958 bits per heavy atom. The van der Waals surface area contributed by atoms with Crippen molar-refractivity contribution in [3.63, 3.8) is 0 Å². The van der Waals surface area contributed by atoms with Crippen molar-refractivity contribution < 1.29 is 9.59 Å². The van der Waals surface area contributed by atoms with E-state index in [4.69, 9.17) is 11.6 Å². The van der Waals surface area contributed by atoms with Crippen LogP contribution in [0.5, 0.6) is 0 Å². The van der Waals surface area contributed by atoms with Gasteiger partial charge in [0, 0.05) is 5.69 Å². The predicted octanol–water partition coefficient (Wildman–Crippen LogP) is 4.27. The first kappa shape index (κ1) is 18.4. The fourth-order valence-corrected chi connectivity index (χ4v) is 2.96. The van der Waals surface area contributed by atoms with Crippen LogP contribution in [0.25, 0.3) is 0 Å². The number of rotatable bonds is 6. The Morgan fingerprint density at radius 2 is 1.62 bits per heavy atom. The molecular weight excluding hydrogens is 344 g/mol. The van der Waals surface area contributed by atoms with E-state index in [9.17, 15) is 9.59 Å². The number of carbonyl (C=O) groups excluding carboxylic acids is 2. The summed E-state index contributed by atoms with van der Waals surface area (Å²) in [5.41, 5.74) is 3.45. The number of hydrogen-bond donors (Lipinski definition) is 2. The Hall–Kier alpha value is -1.98. The molecule has 0 heterocycles. The summed E-state index contributed by atoms with van der Waals surface area (Å²) in [6.07, 6.45) is 0. The van der Waals surface area contributed by atoms with Gasteiger partial charge < -0.3 is 10.6 Å². The molecule has 0 radical (unpaired) electrons. The summed E-state index contributed by atoms with van der Waals surface area (Å²) in [5.74, 6) is 0.0786. The maximum atomic E-state index is 11.9. The molecule has 0 fully saturated rings. The number of halogens is 1. The zero-order valence-corrected chi connectivity index (χ0v) is 15.1. The fourth-order valence-electron chi connectivity index (χ4n) is 2.06. The van der Waals surface area contributed by atoms with Gasteiger partial charge in [-0.05, 0) is 49.2 Å². The van der Waals surface area contributed by atoms with Gasteiger partial charge in [-0.3, -0.25) is 9.59 Å². The van der Waals surface area contributed by atoms with Crippen LogP contribution in [0.3, 0.4) is 0 Å². The summed E-state index contributed by atoms with van der Waals surface area (Å²) in [4.78, 5) is 23.8. The number of benzene rings is 2. The van der Waals surface area contributed by atoms with E-state index < -0.39 is 0 Å². The molecule has 2 rings (SSSR count). The first-order valence-electron chi connectivity index (χ1n) is 7.44. The molecule has 0 aromatic heterocycles. The van der Waals surface area contributed by atoms with Crippen molar-refractivity contribution in [2.45, 2.75) is 13.8 Å². The number of anilines is 2. The lowest BCUT2D eigenvalue weighted by molar-refractivity contribution is -0.114. The Kier molecular flexibility index (Phi) is 6.70. The molecule has 0 atom stereocenters. The van der Waals surface area contributed by atoms with Gasteiger partial charge in [-0.15, -0.1) is 11.8 Å². The third-order valence-electron chi connectivity index (χ3n) is 3.17. The lowest BCUT2D eigenvalue weighted by Gasteiger charge is -2.08. The topological polar surface area (TPSA) is 58.2 Å². The number of nitrogens with one attached hydrogen (secondary N) is 2. The predicted molar refractivity (Wildman–Crippen MR) is 102 cm³/mol. The van der Waals surface area contributed by atoms with Crippen LogP contribution >= 0.6 is 23.4 Å². The third-order valence-corrected chi connectivity index (χ3v) is 4.41. The van der Waals surface area contributed by atoms with E-state index in [-0.39, 0.29) is 23.3 Å². The second-order valence-electron chi connectivity index (χ2n) is 5.44. The largest absolute Gasteiger partial charge is 0.325 e. The zero-order valence-electron chi connectivity index (χ0n) is 13.6. The molecule has 2 amide bonds. The smallest absolute Gasteiger partial charge is 0.234 e. The van der Waals surface area contributed by atoms with E-state index in [1.807, 2.05) is 44.2 Å². The summed E-state index contributed by atoms with van der Waals surface area (Å²) < 4.78 is 0. The zero-order chi connectivity index (χ0) is 17.5. The Balaban J connectivity index is 1.75. The first-order valence-corrected chi connectivity index (χ1v) is 8.97. The van der Waals surface area contributed by atoms with Gasteiger partial charge in [-0.2, -0.15) is 0 Å². The van der Waals surface area contributed by atoms with E-state index in [1.54, 1.807) is 12.1 Å². The number of thioether (sulfide) groups is 1. The Morgan fingerprint density at radius 3 is 2.29 bits per heavy atom. The molecule has 0 bridgehead atoms. The monoisotopic (exact) mass is 362 g/mol. The van der Waals surface area contributed by atoms with Crippen molar-refractivity contribution in [2.24, 2.45) is 0 Å². The van der Waals surface area contributed by atoms with Crippen molar-refractivity contribution in [3.8, 4) is 0 Å². The van der Waals surface area contributed by atoms with Gasteiger partial charge in [0.25, 0.3) is 0 Å². The quantitative estimate of drug-likeness (QED) is 0.806. The third kappa shape index (κ3) is 5.91. The van der Waals surface area contributed by atoms with Gasteiger partial charge in [-0.25, -0.2) is 0 Å². The standard InChI is InChI=1S/C18H19ClN2O2S/c1-12-4-3-5-14(8-12)20-17(22)10-24-11-18(23)21-16-7-6-13(2)9-15(16)19/h3-9H,10-11H2,1-2H3,(H,20,22)(H,21,23). The molecule has 0 saturated heterocycles. The highest BCUT2D eigenvalue weighted by atomic mass is 35.5. The van der Waals surface area contributed by atoms with Crippen LogP contribution in [0.2, 0.25) is 5.02 Å². The van der Waals surface area contributed by atoms with Crippen molar-refractivity contribution in [1.82, 2.24) is 0 Å². The lowest BCUT2D eigenvalue weighted by Crippen LogP contribution is -2.18. The minimum Gasteiger partial charge on any atom is -0.325 e. The van der Waals surface area contributed by atoms with Gasteiger partial charge >= 0.3 is 0 Å². The van der Waals surface area contributed by atoms with E-state index in [0.717, 1.165) is 16.8 Å². The van der Waals surface area contributed by atoms with Crippen LogP contribution in [0.15, 0.2) is 42.5 Å². The summed E-state index contributed by atoms with van der Waals surface area (Å²) in [7, 11) is 0. The second-order valence-corrected chi connectivity index (χ2v) is 6.83. The molecule has 6 heteroatoms. The fraction of sp³-hybridized carbons (Fsp3) is 0.222. The first-order chi connectivity index (χ1) is 11.4. The molecule has 2 aromatic carbocycles. The van der Waals surface area contributed by atoms with Crippen LogP contribution in [0.1, 0.15) is 11.1 Å².